The first-order valence-corrected chi connectivity index (χ1v) is 24.4. The SMILES string of the molecule is Cc1ccc(N(c2ccccc2)c2cc(-c3cccc(-c4cccc5oc6ccccc6c45)c3)cc(N(c3ccccc3)c3ccc4c(c3)-c3ccccc3C4(c3ccccc3)c3ccccc3)c2)cc1. The van der Waals surface area contributed by atoms with Gasteiger partial charge in [0.1, 0.15) is 11.2 Å². The highest BCUT2D eigenvalue weighted by Gasteiger charge is 2.46. The summed E-state index contributed by atoms with van der Waals surface area (Å²) in [5.41, 5.74) is 20.8. The smallest absolute Gasteiger partial charge is 0.136 e. The minimum absolute atomic E-state index is 0.500. The van der Waals surface area contributed by atoms with E-state index in [1.807, 2.05) is 6.07 Å². The van der Waals surface area contributed by atoms with E-state index in [2.05, 4.69) is 284 Å². The van der Waals surface area contributed by atoms with Crippen LogP contribution in [0.2, 0.25) is 0 Å². The molecule has 0 spiro atoms. The van der Waals surface area contributed by atoms with Crippen LogP contribution in [0.15, 0.2) is 277 Å². The molecule has 0 aliphatic heterocycles. The number of anilines is 6. The number of para-hydroxylation sites is 3. The third-order valence-corrected chi connectivity index (χ3v) is 14.3. The number of rotatable bonds is 10. The number of furan rings is 1. The van der Waals surface area contributed by atoms with Gasteiger partial charge < -0.3 is 14.2 Å². The van der Waals surface area contributed by atoms with Gasteiger partial charge >= 0.3 is 0 Å². The van der Waals surface area contributed by atoms with Crippen LogP contribution in [-0.4, -0.2) is 0 Å². The number of fused-ring (bicyclic) bond motifs is 6. The maximum atomic E-state index is 6.38. The number of nitrogens with zero attached hydrogens (tertiary/aromatic N) is 2. The van der Waals surface area contributed by atoms with Gasteiger partial charge in [0.05, 0.1) is 5.41 Å². The Kier molecular flexibility index (Phi) is 10.3. The Morgan fingerprint density at radius 3 is 1.51 bits per heavy atom. The topological polar surface area (TPSA) is 19.6 Å². The molecule has 0 unspecified atom stereocenters. The molecule has 0 N–H and O–H groups in total. The van der Waals surface area contributed by atoms with Gasteiger partial charge in [-0.2, -0.15) is 0 Å². The molecule has 0 saturated carbocycles. The van der Waals surface area contributed by atoms with Crippen molar-refractivity contribution < 1.29 is 4.42 Å². The zero-order valence-electron chi connectivity index (χ0n) is 39.3. The van der Waals surface area contributed by atoms with Gasteiger partial charge in [-0.3, -0.25) is 0 Å². The van der Waals surface area contributed by atoms with E-state index in [9.17, 15) is 0 Å². The van der Waals surface area contributed by atoms with E-state index in [0.717, 1.165) is 78.3 Å². The summed E-state index contributed by atoms with van der Waals surface area (Å²) in [7, 11) is 0. The normalized spacial score (nSPS) is 12.4. The molecule has 13 rings (SSSR count). The van der Waals surface area contributed by atoms with Crippen molar-refractivity contribution >= 4 is 56.1 Å². The summed E-state index contributed by atoms with van der Waals surface area (Å²) in [4.78, 5) is 4.81. The van der Waals surface area contributed by atoms with Crippen molar-refractivity contribution in [2.24, 2.45) is 0 Å². The lowest BCUT2D eigenvalue weighted by atomic mass is 9.68. The second-order valence-corrected chi connectivity index (χ2v) is 18.5. The second-order valence-electron chi connectivity index (χ2n) is 18.5. The van der Waals surface area contributed by atoms with Gasteiger partial charge in [-0.1, -0.05) is 194 Å². The predicted octanol–water partition coefficient (Wildman–Crippen LogP) is 18.5. The van der Waals surface area contributed by atoms with Gasteiger partial charge in [-0.05, 0) is 147 Å². The molecule has 1 aliphatic carbocycles. The van der Waals surface area contributed by atoms with Gasteiger partial charge in [-0.25, -0.2) is 0 Å². The summed E-state index contributed by atoms with van der Waals surface area (Å²) in [6, 6.07) is 99.3. The molecule has 12 aromatic rings. The van der Waals surface area contributed by atoms with Crippen molar-refractivity contribution in [3.63, 3.8) is 0 Å². The van der Waals surface area contributed by atoms with Gasteiger partial charge in [0.15, 0.2) is 0 Å². The second kappa shape index (κ2) is 17.4. The Hall–Kier alpha value is -9.18. The van der Waals surface area contributed by atoms with E-state index in [1.165, 1.54) is 38.9 Å². The first-order chi connectivity index (χ1) is 35.1. The van der Waals surface area contributed by atoms with E-state index in [-0.39, 0.29) is 0 Å². The highest BCUT2D eigenvalue weighted by atomic mass is 16.3. The van der Waals surface area contributed by atoms with Crippen LogP contribution in [0, 0.1) is 6.92 Å². The van der Waals surface area contributed by atoms with Crippen molar-refractivity contribution in [1.29, 1.82) is 0 Å². The van der Waals surface area contributed by atoms with Crippen LogP contribution in [0.4, 0.5) is 34.1 Å². The molecule has 0 amide bonds. The highest BCUT2D eigenvalue weighted by Crippen LogP contribution is 2.57. The molecule has 1 aromatic heterocycles. The van der Waals surface area contributed by atoms with Gasteiger partial charge in [0, 0.05) is 44.9 Å². The molecule has 336 valence electrons. The maximum absolute atomic E-state index is 6.38. The molecule has 0 saturated heterocycles. The molecule has 0 atom stereocenters. The summed E-state index contributed by atoms with van der Waals surface area (Å²) in [5.74, 6) is 0. The maximum Gasteiger partial charge on any atom is 0.136 e. The third-order valence-electron chi connectivity index (χ3n) is 14.3. The van der Waals surface area contributed by atoms with Crippen molar-refractivity contribution in [2.75, 3.05) is 9.80 Å². The fourth-order valence-electron chi connectivity index (χ4n) is 11.2. The molecule has 0 radical (unpaired) electrons. The standard InChI is InChI=1S/C68H48N2O/c1-47-36-38-55(39-37-47)69(53-26-10-4-11-27-53)57-43-50(48-20-18-21-49(42-48)59-32-19-35-66-67(59)61-31-15-17-34-65(61)71-66)44-58(45-57)70(54-28-12-5-13-29-54)56-40-41-64-62(46-56)60-30-14-16-33-63(60)68(64,51-22-6-2-7-23-51)52-24-8-3-9-25-52/h2-46H,1H3. The van der Waals surface area contributed by atoms with E-state index < -0.39 is 5.41 Å². The predicted molar refractivity (Wildman–Crippen MR) is 296 cm³/mol. The van der Waals surface area contributed by atoms with Crippen LogP contribution in [-0.2, 0) is 5.41 Å². The molecular weight excluding hydrogens is 861 g/mol. The van der Waals surface area contributed by atoms with Crippen molar-refractivity contribution in [3.8, 4) is 33.4 Å². The van der Waals surface area contributed by atoms with E-state index in [0.29, 0.717) is 0 Å². The monoisotopic (exact) mass is 908 g/mol. The lowest BCUT2D eigenvalue weighted by Crippen LogP contribution is -2.28. The third kappa shape index (κ3) is 7.13. The minimum Gasteiger partial charge on any atom is -0.456 e. The Bertz CT molecular complexity index is 3840. The van der Waals surface area contributed by atoms with E-state index in [4.69, 9.17) is 4.42 Å². The lowest BCUT2D eigenvalue weighted by Gasteiger charge is -2.34. The Morgan fingerprint density at radius 2 is 0.817 bits per heavy atom. The zero-order valence-corrected chi connectivity index (χ0v) is 39.3. The summed E-state index contributed by atoms with van der Waals surface area (Å²) >= 11 is 0. The van der Waals surface area contributed by atoms with Crippen molar-refractivity contribution in [3.05, 3.63) is 301 Å². The highest BCUT2D eigenvalue weighted by molar-refractivity contribution is 6.12. The first-order valence-electron chi connectivity index (χ1n) is 24.4. The Balaban J connectivity index is 1.05. The fraction of sp³-hybridized carbons (Fsp3) is 0.0294. The minimum atomic E-state index is -0.500. The Morgan fingerprint density at radius 1 is 0.310 bits per heavy atom. The average molecular weight is 909 g/mol. The molecular formula is C68H48N2O. The average Bonchev–Trinajstić information content (AvgIpc) is 3.97. The van der Waals surface area contributed by atoms with Gasteiger partial charge in [-0.15, -0.1) is 0 Å². The first kappa shape index (κ1) is 42.0. The van der Waals surface area contributed by atoms with Gasteiger partial charge in [0.2, 0.25) is 0 Å². The fourth-order valence-corrected chi connectivity index (χ4v) is 11.2. The van der Waals surface area contributed by atoms with Crippen LogP contribution in [0.25, 0.3) is 55.3 Å². The molecule has 11 aromatic carbocycles. The molecule has 3 nitrogen and oxygen atoms in total. The molecule has 1 aliphatic rings. The van der Waals surface area contributed by atoms with Crippen LogP contribution < -0.4 is 9.80 Å². The summed E-state index contributed by atoms with van der Waals surface area (Å²) in [6.45, 7) is 2.14. The van der Waals surface area contributed by atoms with Gasteiger partial charge in [0.25, 0.3) is 0 Å². The molecule has 3 heteroatoms. The number of benzene rings is 11. The summed E-state index contributed by atoms with van der Waals surface area (Å²) in [6.07, 6.45) is 0. The van der Waals surface area contributed by atoms with Crippen LogP contribution in [0.1, 0.15) is 27.8 Å². The number of hydrogen-bond donors (Lipinski definition) is 0. The molecule has 0 fully saturated rings. The van der Waals surface area contributed by atoms with Crippen LogP contribution in [0.3, 0.4) is 0 Å². The number of hydrogen-bond acceptors (Lipinski definition) is 3. The molecule has 1 heterocycles. The Labute approximate surface area is 414 Å². The molecule has 0 bridgehead atoms. The van der Waals surface area contributed by atoms with Crippen molar-refractivity contribution in [2.45, 2.75) is 12.3 Å². The zero-order chi connectivity index (χ0) is 47.3. The summed E-state index contributed by atoms with van der Waals surface area (Å²) < 4.78 is 6.38. The quantitative estimate of drug-likeness (QED) is 0.136. The van der Waals surface area contributed by atoms with Crippen LogP contribution >= 0.6 is 0 Å². The largest absolute Gasteiger partial charge is 0.456 e. The van der Waals surface area contributed by atoms with E-state index >= 15 is 0 Å². The molecule has 71 heavy (non-hydrogen) atoms. The lowest BCUT2D eigenvalue weighted by molar-refractivity contribution is 0.669. The summed E-state index contributed by atoms with van der Waals surface area (Å²) in [5, 5.41) is 2.24. The van der Waals surface area contributed by atoms with E-state index in [1.54, 1.807) is 0 Å². The number of aryl methyl sites for hydroxylation is 1. The van der Waals surface area contributed by atoms with Crippen molar-refractivity contribution in [1.82, 2.24) is 0 Å². The van der Waals surface area contributed by atoms with Crippen LogP contribution in [0.5, 0.6) is 0 Å².